The molecule has 0 spiro atoms. The first-order valence-corrected chi connectivity index (χ1v) is 6.75. The Morgan fingerprint density at radius 1 is 1.45 bits per heavy atom. The smallest absolute Gasteiger partial charge is 0.252 e. The summed E-state index contributed by atoms with van der Waals surface area (Å²) in [5.74, 6) is 5.37. The standard InChI is InChI=1S/C16H19NO3/c1-16(9-3-11-20-16)15(19)17-12-14-7-5-13(6-8-14)4-2-10-18/h5-8,18H,3,9-12H2,1H3,(H,17,19). The van der Waals surface area contributed by atoms with Crippen molar-refractivity contribution in [2.24, 2.45) is 0 Å². The Hall–Kier alpha value is -1.83. The number of aliphatic hydroxyl groups excluding tert-OH is 1. The fourth-order valence-electron chi connectivity index (χ4n) is 2.18. The minimum absolute atomic E-state index is 0.0563. The van der Waals surface area contributed by atoms with E-state index in [0.717, 1.165) is 24.0 Å². The third-order valence-electron chi connectivity index (χ3n) is 3.42. The molecule has 1 amide bonds. The van der Waals surface area contributed by atoms with E-state index in [1.54, 1.807) is 0 Å². The summed E-state index contributed by atoms with van der Waals surface area (Å²) in [6.45, 7) is 2.83. The van der Waals surface area contributed by atoms with E-state index in [2.05, 4.69) is 17.2 Å². The highest BCUT2D eigenvalue weighted by Crippen LogP contribution is 2.25. The first-order chi connectivity index (χ1) is 9.64. The van der Waals surface area contributed by atoms with Crippen molar-refractivity contribution in [3.63, 3.8) is 0 Å². The van der Waals surface area contributed by atoms with Crippen LogP contribution in [0.25, 0.3) is 0 Å². The van der Waals surface area contributed by atoms with Gasteiger partial charge in [-0.3, -0.25) is 4.79 Å². The molecule has 20 heavy (non-hydrogen) atoms. The number of carbonyl (C=O) groups is 1. The van der Waals surface area contributed by atoms with Crippen molar-refractivity contribution in [3.8, 4) is 11.8 Å². The second-order valence-electron chi connectivity index (χ2n) is 5.02. The molecular weight excluding hydrogens is 254 g/mol. The van der Waals surface area contributed by atoms with E-state index < -0.39 is 5.60 Å². The summed E-state index contributed by atoms with van der Waals surface area (Å²) < 4.78 is 5.50. The fourth-order valence-corrected chi connectivity index (χ4v) is 2.18. The average Bonchev–Trinajstić information content (AvgIpc) is 2.92. The lowest BCUT2D eigenvalue weighted by molar-refractivity contribution is -0.139. The average molecular weight is 273 g/mol. The molecule has 1 aromatic rings. The van der Waals surface area contributed by atoms with Crippen LogP contribution in [0.2, 0.25) is 0 Å². The zero-order chi connectivity index (χ0) is 14.4. The van der Waals surface area contributed by atoms with Crippen molar-refractivity contribution in [3.05, 3.63) is 35.4 Å². The van der Waals surface area contributed by atoms with Crippen molar-refractivity contribution in [2.75, 3.05) is 13.2 Å². The number of hydrogen-bond donors (Lipinski definition) is 2. The van der Waals surface area contributed by atoms with E-state index in [-0.39, 0.29) is 12.5 Å². The van der Waals surface area contributed by atoms with Gasteiger partial charge in [0.2, 0.25) is 0 Å². The van der Waals surface area contributed by atoms with Crippen LogP contribution in [0.5, 0.6) is 0 Å². The molecule has 2 N–H and O–H groups in total. The van der Waals surface area contributed by atoms with Gasteiger partial charge in [0.1, 0.15) is 12.2 Å². The topological polar surface area (TPSA) is 58.6 Å². The fraction of sp³-hybridized carbons (Fsp3) is 0.438. The van der Waals surface area contributed by atoms with Gasteiger partial charge in [0.25, 0.3) is 5.91 Å². The van der Waals surface area contributed by atoms with Crippen LogP contribution in [0.4, 0.5) is 0 Å². The lowest BCUT2D eigenvalue weighted by atomic mass is 10.0. The van der Waals surface area contributed by atoms with Gasteiger partial charge >= 0.3 is 0 Å². The highest BCUT2D eigenvalue weighted by molar-refractivity contribution is 5.84. The molecule has 0 aromatic heterocycles. The van der Waals surface area contributed by atoms with Crippen molar-refractivity contribution >= 4 is 5.91 Å². The molecule has 1 fully saturated rings. The monoisotopic (exact) mass is 273 g/mol. The molecule has 0 bridgehead atoms. The number of rotatable bonds is 3. The normalized spacial score (nSPS) is 21.1. The molecule has 106 valence electrons. The van der Waals surface area contributed by atoms with Crippen LogP contribution in [-0.4, -0.2) is 29.8 Å². The van der Waals surface area contributed by atoms with Gasteiger partial charge in [-0.05, 0) is 37.5 Å². The van der Waals surface area contributed by atoms with Gasteiger partial charge in [-0.2, -0.15) is 0 Å². The number of hydrogen-bond acceptors (Lipinski definition) is 3. The Morgan fingerprint density at radius 2 is 2.20 bits per heavy atom. The SMILES string of the molecule is CC1(C(=O)NCc2ccc(C#CCO)cc2)CCCO1. The number of ether oxygens (including phenoxy) is 1. The number of carbonyl (C=O) groups excluding carboxylic acids is 1. The first-order valence-electron chi connectivity index (χ1n) is 6.75. The van der Waals surface area contributed by atoms with Crippen LogP contribution in [-0.2, 0) is 16.1 Å². The second-order valence-corrected chi connectivity index (χ2v) is 5.02. The molecule has 0 aliphatic carbocycles. The lowest BCUT2D eigenvalue weighted by Crippen LogP contribution is -2.43. The molecular formula is C16H19NO3. The number of aliphatic hydroxyl groups is 1. The largest absolute Gasteiger partial charge is 0.384 e. The molecule has 1 heterocycles. The van der Waals surface area contributed by atoms with Gasteiger partial charge in [0.05, 0.1) is 0 Å². The van der Waals surface area contributed by atoms with E-state index >= 15 is 0 Å². The molecule has 1 aliphatic rings. The molecule has 1 saturated heterocycles. The van der Waals surface area contributed by atoms with Gasteiger partial charge in [-0.1, -0.05) is 24.0 Å². The van der Waals surface area contributed by atoms with Crippen LogP contribution in [0.3, 0.4) is 0 Å². The summed E-state index contributed by atoms with van der Waals surface area (Å²) in [5, 5.41) is 11.5. The lowest BCUT2D eigenvalue weighted by Gasteiger charge is -2.21. The summed E-state index contributed by atoms with van der Waals surface area (Å²) in [5.41, 5.74) is 1.18. The van der Waals surface area contributed by atoms with Crippen molar-refractivity contribution in [1.82, 2.24) is 5.32 Å². The van der Waals surface area contributed by atoms with Crippen LogP contribution in [0.15, 0.2) is 24.3 Å². The van der Waals surface area contributed by atoms with Crippen LogP contribution in [0.1, 0.15) is 30.9 Å². The Morgan fingerprint density at radius 3 is 2.80 bits per heavy atom. The summed E-state index contributed by atoms with van der Waals surface area (Å²) >= 11 is 0. The zero-order valence-electron chi connectivity index (χ0n) is 11.6. The molecule has 4 heteroatoms. The number of amides is 1. The van der Waals surface area contributed by atoms with Gasteiger partial charge in [-0.15, -0.1) is 0 Å². The molecule has 4 nitrogen and oxygen atoms in total. The van der Waals surface area contributed by atoms with Crippen LogP contribution < -0.4 is 5.32 Å². The zero-order valence-corrected chi connectivity index (χ0v) is 11.6. The van der Waals surface area contributed by atoms with Crippen molar-refractivity contribution in [1.29, 1.82) is 0 Å². The van der Waals surface area contributed by atoms with Crippen LogP contribution >= 0.6 is 0 Å². The van der Waals surface area contributed by atoms with Crippen molar-refractivity contribution in [2.45, 2.75) is 31.9 Å². The molecule has 2 rings (SSSR count). The Balaban J connectivity index is 1.89. The Bertz CT molecular complexity index is 519. The van der Waals surface area contributed by atoms with E-state index in [1.165, 1.54) is 0 Å². The highest BCUT2D eigenvalue weighted by Gasteiger charge is 2.37. The summed E-state index contributed by atoms with van der Waals surface area (Å²) in [6, 6.07) is 7.58. The third-order valence-corrected chi connectivity index (χ3v) is 3.42. The quantitative estimate of drug-likeness (QED) is 0.814. The molecule has 0 saturated carbocycles. The number of benzene rings is 1. The summed E-state index contributed by atoms with van der Waals surface area (Å²) in [7, 11) is 0. The van der Waals surface area contributed by atoms with E-state index in [1.807, 2.05) is 31.2 Å². The molecule has 1 aliphatic heterocycles. The maximum absolute atomic E-state index is 12.1. The second kappa shape index (κ2) is 6.56. The Kier molecular flexibility index (Phi) is 4.78. The number of nitrogens with one attached hydrogen (secondary N) is 1. The molecule has 1 unspecified atom stereocenters. The highest BCUT2D eigenvalue weighted by atomic mass is 16.5. The summed E-state index contributed by atoms with van der Waals surface area (Å²) in [4.78, 5) is 12.1. The molecule has 1 atom stereocenters. The minimum atomic E-state index is -0.674. The maximum atomic E-state index is 12.1. The van der Waals surface area contributed by atoms with E-state index in [0.29, 0.717) is 13.2 Å². The van der Waals surface area contributed by atoms with Gasteiger partial charge < -0.3 is 15.2 Å². The predicted octanol–water partition coefficient (Wildman–Crippen LogP) is 1.22. The predicted molar refractivity (Wildman–Crippen MR) is 75.8 cm³/mol. The van der Waals surface area contributed by atoms with Gasteiger partial charge in [0, 0.05) is 18.7 Å². The minimum Gasteiger partial charge on any atom is -0.384 e. The third kappa shape index (κ3) is 3.60. The molecule has 1 aromatic carbocycles. The van der Waals surface area contributed by atoms with E-state index in [9.17, 15) is 4.79 Å². The first kappa shape index (κ1) is 14.6. The maximum Gasteiger partial charge on any atom is 0.252 e. The van der Waals surface area contributed by atoms with E-state index in [4.69, 9.17) is 9.84 Å². The van der Waals surface area contributed by atoms with Crippen LogP contribution in [0, 0.1) is 11.8 Å². The Labute approximate surface area is 119 Å². The molecule has 0 radical (unpaired) electrons. The van der Waals surface area contributed by atoms with Gasteiger partial charge in [0.15, 0.2) is 0 Å². The summed E-state index contributed by atoms with van der Waals surface area (Å²) in [6.07, 6.45) is 1.71. The van der Waals surface area contributed by atoms with Crippen molar-refractivity contribution < 1.29 is 14.6 Å². The van der Waals surface area contributed by atoms with Gasteiger partial charge in [-0.25, -0.2) is 0 Å².